The van der Waals surface area contributed by atoms with E-state index in [9.17, 15) is 83.4 Å². The molecular formula is C77H95F3N14O25S2. The molecule has 44 heteroatoms. The molecule has 12 N–H and O–H groups in total. The number of halogens is 3. The number of aryl methyl sites for hydroxylation is 1. The molecule has 0 bridgehead atoms. The highest BCUT2D eigenvalue weighted by molar-refractivity contribution is 8.00. The minimum Gasteiger partial charge on any atom is -0.463 e. The van der Waals surface area contributed by atoms with Crippen molar-refractivity contribution in [2.75, 3.05) is 106 Å². The second kappa shape index (κ2) is 44.4. The Morgan fingerprint density at radius 1 is 0.388 bits per heavy atom. The number of carbonyl (C=O) groups excluding carboxylic acids is 4. The van der Waals surface area contributed by atoms with Gasteiger partial charge in [0.1, 0.15) is 173 Å². The molecule has 12 rings (SSSR count). The Hall–Kier alpha value is -8.95. The van der Waals surface area contributed by atoms with Crippen LogP contribution in [0.4, 0.5) is 13.2 Å². The number of rotatable bonds is 42. The van der Waals surface area contributed by atoms with Crippen LogP contribution in [0.5, 0.6) is 0 Å². The summed E-state index contributed by atoms with van der Waals surface area (Å²) in [5.74, 6) is -4.30. The SMILES string of the molecule is Cc1cccc(-c2cn(C3C(O)C(CO)OC(SC4OC(COC(=O)CCC(=O)NCCOCCOCCOCCOCCOCCNC(=O)CCC(=O)OCC5OC(SC6OC(CO)C(O)C(n7cc(-c8cccc(F)c8)nn7)C6O)C(O)C(n6cc(-c7cccc(F)c7)nn6)C5O)C(O)C(n5cc(-c6cccc(F)c6)nn5)C4O)C3O)nn2)c1. The predicted molar refractivity (Wildman–Crippen MR) is 415 cm³/mol. The van der Waals surface area contributed by atoms with Crippen LogP contribution in [0.25, 0.3) is 45.0 Å². The number of esters is 2. The Kier molecular flexibility index (Phi) is 33.5. The summed E-state index contributed by atoms with van der Waals surface area (Å²) >= 11 is 1.47. The maximum Gasteiger partial charge on any atom is 0.306 e. The van der Waals surface area contributed by atoms with Crippen molar-refractivity contribution < 1.29 is 136 Å². The van der Waals surface area contributed by atoms with Gasteiger partial charge in [-0.25, -0.2) is 31.9 Å². The number of hydrogen-bond acceptors (Lipinski definition) is 35. The van der Waals surface area contributed by atoms with Gasteiger partial charge >= 0.3 is 11.9 Å². The van der Waals surface area contributed by atoms with Crippen molar-refractivity contribution in [3.05, 3.63) is 145 Å². The molecule has 656 valence electrons. The number of hydrogen-bond donors (Lipinski definition) is 12. The van der Waals surface area contributed by atoms with Gasteiger partial charge in [0.25, 0.3) is 0 Å². The summed E-state index contributed by atoms with van der Waals surface area (Å²) in [4.78, 5) is 51.6. The van der Waals surface area contributed by atoms with Crippen molar-refractivity contribution in [2.45, 2.75) is 152 Å². The number of aliphatic hydroxyl groups is 10. The first-order chi connectivity index (χ1) is 58.5. The Morgan fingerprint density at radius 2 is 0.669 bits per heavy atom. The lowest BCUT2D eigenvalue weighted by Crippen LogP contribution is -2.58. The van der Waals surface area contributed by atoms with Crippen molar-refractivity contribution >= 4 is 47.3 Å². The lowest BCUT2D eigenvalue weighted by atomic mass is 9.97. The van der Waals surface area contributed by atoms with E-state index in [1.165, 1.54) is 84.1 Å². The Balaban J connectivity index is 0.496. The quantitative estimate of drug-likeness (QED) is 0.0176. The molecule has 0 radical (unpaired) electrons. The van der Waals surface area contributed by atoms with Crippen molar-refractivity contribution in [3.8, 4) is 45.0 Å². The highest BCUT2D eigenvalue weighted by Crippen LogP contribution is 2.45. The molecule has 0 saturated carbocycles. The summed E-state index contributed by atoms with van der Waals surface area (Å²) in [6.45, 7) is 1.66. The van der Waals surface area contributed by atoms with Crippen LogP contribution < -0.4 is 10.6 Å². The first-order valence-corrected chi connectivity index (χ1v) is 40.8. The molecule has 0 spiro atoms. The monoisotopic (exact) mass is 1740 g/mol. The summed E-state index contributed by atoms with van der Waals surface area (Å²) in [5, 5.41) is 153. The minimum atomic E-state index is -1.68. The van der Waals surface area contributed by atoms with E-state index < -0.39 is 187 Å². The molecular weight excluding hydrogens is 1640 g/mol. The van der Waals surface area contributed by atoms with Gasteiger partial charge in [-0.3, -0.25) is 19.2 Å². The largest absolute Gasteiger partial charge is 0.463 e. The number of aliphatic hydroxyl groups excluding tert-OH is 10. The fraction of sp³-hybridized carbons (Fsp3) is 0.532. The molecule has 4 aliphatic heterocycles. The predicted octanol–water partition coefficient (Wildman–Crippen LogP) is -0.0887. The standard InChI is InChI=1S/C77H95F3N14O25S2/c1-42-6-2-7-43(30-42)50-34-91(87-83-50)62-66(101)54(38-95)116-74(70(62)105)120-76-72(107)64(93-36-52(85-89-93)45-9-4-12-48(79)32-45)68(103)56(118-76)40-114-60(99)16-14-58(97)81-18-20-109-22-24-111-26-28-113-29-27-112-25-23-110-21-19-82-59(98)15-17-61(100)115-41-57-69(104)65(94-37-53(86-90-94)46-10-5-13-49(80)33-46)73(108)77(119-57)121-75-71(106)63(67(102)55(39-96)117-75)92-35-51(84-88-92)44-8-3-11-47(78)31-44/h2-13,30-37,54-57,62-77,95-96,101-108H,14-29,38-41H2,1H3,(H,81,97)(H,82,98). The molecule has 2 amide bonds. The normalized spacial score (nSPS) is 26.8. The summed E-state index contributed by atoms with van der Waals surface area (Å²) in [5.41, 5.74) is -1.82. The number of carbonyl (C=O) groups is 4. The van der Waals surface area contributed by atoms with Gasteiger partial charge in [-0.15, -0.1) is 20.4 Å². The second-order valence-electron chi connectivity index (χ2n) is 28.6. The minimum absolute atomic E-state index is 0.105. The maximum absolute atomic E-state index is 14.3. The zero-order valence-corrected chi connectivity index (χ0v) is 66.8. The zero-order chi connectivity index (χ0) is 85.6. The third-order valence-corrected chi connectivity index (χ3v) is 22.7. The highest BCUT2D eigenvalue weighted by Gasteiger charge is 2.55. The van der Waals surface area contributed by atoms with E-state index in [0.29, 0.717) is 34.1 Å². The molecule has 20 atom stereocenters. The van der Waals surface area contributed by atoms with Crippen LogP contribution in [0.2, 0.25) is 0 Å². The fourth-order valence-electron chi connectivity index (χ4n) is 13.8. The van der Waals surface area contributed by atoms with E-state index >= 15 is 0 Å². The Bertz CT molecular complexity index is 4360. The Morgan fingerprint density at radius 3 is 0.967 bits per heavy atom. The van der Waals surface area contributed by atoms with Gasteiger partial charge in [-0.2, -0.15) is 0 Å². The third-order valence-electron chi connectivity index (χ3n) is 20.1. The van der Waals surface area contributed by atoms with Crippen LogP contribution in [-0.4, -0.2) is 335 Å². The van der Waals surface area contributed by atoms with Crippen LogP contribution >= 0.6 is 23.5 Å². The average molecular weight is 1740 g/mol. The molecule has 121 heavy (non-hydrogen) atoms. The van der Waals surface area contributed by atoms with Gasteiger partial charge in [0.2, 0.25) is 11.8 Å². The van der Waals surface area contributed by atoms with Crippen molar-refractivity contribution in [3.63, 3.8) is 0 Å². The van der Waals surface area contributed by atoms with Crippen molar-refractivity contribution in [2.24, 2.45) is 0 Å². The number of thioether (sulfide) groups is 2. The number of benzene rings is 4. The topological polar surface area (TPSA) is 519 Å². The molecule has 4 aromatic heterocycles. The van der Waals surface area contributed by atoms with Gasteiger partial charge in [0.05, 0.1) is 117 Å². The molecule has 8 aromatic rings. The van der Waals surface area contributed by atoms with Crippen molar-refractivity contribution in [1.29, 1.82) is 0 Å². The molecule has 4 saturated heterocycles. The molecule has 20 unspecified atom stereocenters. The highest BCUT2D eigenvalue weighted by atomic mass is 32.2. The first kappa shape index (κ1) is 91.3. The van der Waals surface area contributed by atoms with E-state index in [2.05, 4.69) is 51.9 Å². The molecule has 4 aromatic carbocycles. The number of ether oxygens (including phenoxy) is 11. The van der Waals surface area contributed by atoms with E-state index in [4.69, 9.17) is 52.1 Å². The number of amides is 2. The summed E-state index contributed by atoms with van der Waals surface area (Å²) in [7, 11) is 0. The van der Waals surface area contributed by atoms with Crippen LogP contribution in [0.3, 0.4) is 0 Å². The number of nitrogens with one attached hydrogen (secondary N) is 2. The fourth-order valence-corrected chi connectivity index (χ4v) is 16.4. The molecule has 4 aliphatic rings. The molecule has 39 nitrogen and oxygen atoms in total. The second-order valence-corrected chi connectivity index (χ2v) is 31.0. The number of nitrogens with zero attached hydrogens (tertiary/aromatic N) is 12. The average Bonchev–Trinajstić information content (AvgIpc) is 1.75. The lowest BCUT2D eigenvalue weighted by molar-refractivity contribution is -0.194. The van der Waals surface area contributed by atoms with E-state index in [1.807, 2.05) is 31.2 Å². The molecule has 8 heterocycles. The van der Waals surface area contributed by atoms with Crippen LogP contribution in [0.15, 0.2) is 122 Å². The zero-order valence-electron chi connectivity index (χ0n) is 65.1. The van der Waals surface area contributed by atoms with Gasteiger partial charge in [-0.1, -0.05) is 105 Å². The third kappa shape index (κ3) is 24.3. The van der Waals surface area contributed by atoms with E-state index in [1.54, 1.807) is 18.2 Å². The van der Waals surface area contributed by atoms with Crippen LogP contribution in [0, 0.1) is 24.4 Å². The maximum atomic E-state index is 14.3. The summed E-state index contributed by atoms with van der Waals surface area (Å²) < 4.78 is 110. The van der Waals surface area contributed by atoms with E-state index in [0.717, 1.165) is 36.9 Å². The molecule has 0 aliphatic carbocycles. The van der Waals surface area contributed by atoms with E-state index in [-0.39, 0.29) is 122 Å². The summed E-state index contributed by atoms with van der Waals surface area (Å²) in [6, 6.07) is 18.7. The van der Waals surface area contributed by atoms with Gasteiger partial charge < -0.3 is 114 Å². The number of aromatic nitrogens is 12. The lowest BCUT2D eigenvalue weighted by Gasteiger charge is -2.46. The van der Waals surface area contributed by atoms with Crippen LogP contribution in [-0.2, 0) is 71.3 Å². The van der Waals surface area contributed by atoms with Gasteiger partial charge in [0.15, 0.2) is 0 Å². The Labute approximate surface area is 697 Å². The summed E-state index contributed by atoms with van der Waals surface area (Å²) in [6.07, 6.45) is -13.9. The molecule has 4 fully saturated rings. The van der Waals surface area contributed by atoms with Crippen LogP contribution in [0.1, 0.15) is 55.4 Å². The van der Waals surface area contributed by atoms with Gasteiger partial charge in [0, 0.05) is 48.2 Å². The first-order valence-electron chi connectivity index (χ1n) is 38.9. The smallest absolute Gasteiger partial charge is 0.306 e. The van der Waals surface area contributed by atoms with Crippen molar-refractivity contribution in [1.82, 2.24) is 70.6 Å². The van der Waals surface area contributed by atoms with Gasteiger partial charge in [-0.05, 0) is 49.4 Å².